The molecule has 114 valence electrons. The van der Waals surface area contributed by atoms with E-state index in [0.29, 0.717) is 12.5 Å². The molecule has 5 nitrogen and oxygen atoms in total. The fourth-order valence-corrected chi connectivity index (χ4v) is 2.50. The number of carbonyl (C=O) groups excluding carboxylic acids is 2. The van der Waals surface area contributed by atoms with E-state index in [4.69, 9.17) is 5.73 Å². The van der Waals surface area contributed by atoms with Crippen LogP contribution in [0.25, 0.3) is 0 Å². The van der Waals surface area contributed by atoms with Crippen LogP contribution in [0.3, 0.4) is 0 Å². The first-order valence-corrected chi connectivity index (χ1v) is 7.41. The fraction of sp³-hybridized carbons (Fsp3) is 0.500. The summed E-state index contributed by atoms with van der Waals surface area (Å²) in [6, 6.07) is 9.28. The van der Waals surface area contributed by atoms with Crippen molar-refractivity contribution in [2.75, 3.05) is 6.54 Å². The van der Waals surface area contributed by atoms with Gasteiger partial charge in [-0.25, -0.2) is 0 Å². The van der Waals surface area contributed by atoms with Crippen LogP contribution in [0.5, 0.6) is 0 Å². The zero-order valence-electron chi connectivity index (χ0n) is 12.3. The first-order chi connectivity index (χ1) is 10.1. The average Bonchev–Trinajstić information content (AvgIpc) is 3.29. The number of benzene rings is 1. The molecule has 21 heavy (non-hydrogen) atoms. The Bertz CT molecular complexity index is 486. The van der Waals surface area contributed by atoms with E-state index in [9.17, 15) is 9.59 Å². The van der Waals surface area contributed by atoms with Crippen molar-refractivity contribution in [1.82, 2.24) is 10.6 Å². The molecule has 1 aromatic carbocycles. The monoisotopic (exact) mass is 289 g/mol. The average molecular weight is 289 g/mol. The van der Waals surface area contributed by atoms with Gasteiger partial charge in [0.15, 0.2) is 0 Å². The molecule has 5 heteroatoms. The lowest BCUT2D eigenvalue weighted by Gasteiger charge is -2.21. The third-order valence-corrected chi connectivity index (χ3v) is 3.76. The Morgan fingerprint density at radius 2 is 1.90 bits per heavy atom. The van der Waals surface area contributed by atoms with Crippen LogP contribution in [-0.2, 0) is 9.59 Å². The lowest BCUT2D eigenvalue weighted by molar-refractivity contribution is -0.123. The molecule has 2 amide bonds. The van der Waals surface area contributed by atoms with Gasteiger partial charge >= 0.3 is 0 Å². The van der Waals surface area contributed by atoms with Crippen molar-refractivity contribution < 1.29 is 9.59 Å². The fourth-order valence-electron chi connectivity index (χ4n) is 2.50. The third kappa shape index (κ3) is 4.86. The van der Waals surface area contributed by atoms with Gasteiger partial charge in [0.05, 0.1) is 12.5 Å². The first kappa shape index (κ1) is 15.5. The second kappa shape index (κ2) is 7.22. The Morgan fingerprint density at radius 3 is 2.43 bits per heavy atom. The molecule has 1 saturated carbocycles. The topological polar surface area (TPSA) is 84.2 Å². The molecule has 2 atom stereocenters. The van der Waals surface area contributed by atoms with E-state index in [1.165, 1.54) is 6.92 Å². The van der Waals surface area contributed by atoms with Gasteiger partial charge in [0.25, 0.3) is 0 Å². The van der Waals surface area contributed by atoms with Crippen molar-refractivity contribution in [3.8, 4) is 0 Å². The number of hydrogen-bond acceptors (Lipinski definition) is 3. The summed E-state index contributed by atoms with van der Waals surface area (Å²) in [4.78, 5) is 23.5. The Kier molecular flexibility index (Phi) is 5.33. The molecule has 0 radical (unpaired) electrons. The Labute approximate surface area is 125 Å². The summed E-state index contributed by atoms with van der Waals surface area (Å²) in [6.45, 7) is 1.92. The summed E-state index contributed by atoms with van der Waals surface area (Å²) < 4.78 is 0. The number of amides is 2. The standard InChI is InChI=1S/C16H23N3O2/c1-11(20)18-14(12-5-3-2-4-6-12)9-16(21)19-15(10-17)13-7-8-13/h2-6,13-15H,7-10,17H2,1H3,(H,18,20)(H,19,21). The summed E-state index contributed by atoms with van der Waals surface area (Å²) in [7, 11) is 0. The van der Waals surface area contributed by atoms with Crippen LogP contribution in [0, 0.1) is 5.92 Å². The van der Waals surface area contributed by atoms with Crippen LogP contribution >= 0.6 is 0 Å². The van der Waals surface area contributed by atoms with Crippen LogP contribution in [0.4, 0.5) is 0 Å². The molecule has 0 aliphatic heterocycles. The first-order valence-electron chi connectivity index (χ1n) is 7.41. The molecule has 1 aromatic rings. The highest BCUT2D eigenvalue weighted by atomic mass is 16.2. The highest BCUT2D eigenvalue weighted by Crippen LogP contribution is 2.32. The minimum Gasteiger partial charge on any atom is -0.352 e. The molecule has 1 fully saturated rings. The molecule has 0 heterocycles. The lowest BCUT2D eigenvalue weighted by atomic mass is 10.0. The van der Waals surface area contributed by atoms with Gasteiger partial charge in [-0.1, -0.05) is 30.3 Å². The van der Waals surface area contributed by atoms with Crippen molar-refractivity contribution in [3.63, 3.8) is 0 Å². The van der Waals surface area contributed by atoms with Gasteiger partial charge in [0, 0.05) is 19.5 Å². The molecule has 0 bridgehead atoms. The minimum atomic E-state index is -0.304. The second-order valence-corrected chi connectivity index (χ2v) is 5.62. The van der Waals surface area contributed by atoms with Crippen molar-refractivity contribution >= 4 is 11.8 Å². The van der Waals surface area contributed by atoms with Gasteiger partial charge in [-0.05, 0) is 24.3 Å². The number of hydrogen-bond donors (Lipinski definition) is 3. The van der Waals surface area contributed by atoms with Crippen LogP contribution in [0.2, 0.25) is 0 Å². The normalized spacial score (nSPS) is 16.9. The smallest absolute Gasteiger partial charge is 0.222 e. The molecule has 4 N–H and O–H groups in total. The molecule has 0 spiro atoms. The maximum Gasteiger partial charge on any atom is 0.222 e. The molecular weight excluding hydrogens is 266 g/mol. The molecule has 1 aliphatic rings. The second-order valence-electron chi connectivity index (χ2n) is 5.62. The van der Waals surface area contributed by atoms with E-state index in [1.807, 2.05) is 30.3 Å². The van der Waals surface area contributed by atoms with E-state index in [0.717, 1.165) is 18.4 Å². The molecular formula is C16H23N3O2. The van der Waals surface area contributed by atoms with Gasteiger partial charge in [0.1, 0.15) is 0 Å². The summed E-state index contributed by atoms with van der Waals surface area (Å²) in [5.41, 5.74) is 6.63. The van der Waals surface area contributed by atoms with Gasteiger partial charge in [-0.15, -0.1) is 0 Å². The van der Waals surface area contributed by atoms with Crippen molar-refractivity contribution in [1.29, 1.82) is 0 Å². The van der Waals surface area contributed by atoms with Crippen molar-refractivity contribution in [2.45, 2.75) is 38.3 Å². The third-order valence-electron chi connectivity index (χ3n) is 3.76. The van der Waals surface area contributed by atoms with Crippen LogP contribution in [0.15, 0.2) is 30.3 Å². The zero-order valence-corrected chi connectivity index (χ0v) is 12.3. The lowest BCUT2D eigenvalue weighted by Crippen LogP contribution is -2.43. The van der Waals surface area contributed by atoms with Crippen molar-refractivity contribution in [3.05, 3.63) is 35.9 Å². The molecule has 1 aliphatic carbocycles. The Hall–Kier alpha value is -1.88. The number of nitrogens with two attached hydrogens (primary N) is 1. The van der Waals surface area contributed by atoms with Crippen LogP contribution < -0.4 is 16.4 Å². The quantitative estimate of drug-likeness (QED) is 0.703. The van der Waals surface area contributed by atoms with Gasteiger partial charge in [0.2, 0.25) is 11.8 Å². The maximum atomic E-state index is 12.2. The SMILES string of the molecule is CC(=O)NC(CC(=O)NC(CN)C1CC1)c1ccccc1. The van der Waals surface area contributed by atoms with Crippen molar-refractivity contribution in [2.24, 2.45) is 11.7 Å². The van der Waals surface area contributed by atoms with E-state index in [-0.39, 0.29) is 30.3 Å². The van der Waals surface area contributed by atoms with Gasteiger partial charge in [-0.3, -0.25) is 9.59 Å². The number of nitrogens with one attached hydrogen (secondary N) is 2. The number of carbonyl (C=O) groups is 2. The Balaban J connectivity index is 1.97. The maximum absolute atomic E-state index is 12.2. The predicted molar refractivity (Wildman–Crippen MR) is 81.3 cm³/mol. The molecule has 0 aromatic heterocycles. The van der Waals surface area contributed by atoms with Crippen LogP contribution in [-0.4, -0.2) is 24.4 Å². The summed E-state index contributed by atoms with van der Waals surface area (Å²) in [6.07, 6.45) is 2.50. The molecule has 2 unspecified atom stereocenters. The van der Waals surface area contributed by atoms with E-state index in [2.05, 4.69) is 10.6 Å². The Morgan fingerprint density at radius 1 is 1.24 bits per heavy atom. The number of rotatable bonds is 7. The zero-order chi connectivity index (χ0) is 15.2. The van der Waals surface area contributed by atoms with Gasteiger partial charge < -0.3 is 16.4 Å². The van der Waals surface area contributed by atoms with Gasteiger partial charge in [-0.2, -0.15) is 0 Å². The highest BCUT2D eigenvalue weighted by Gasteiger charge is 2.31. The van der Waals surface area contributed by atoms with E-state index < -0.39 is 0 Å². The molecule has 0 saturated heterocycles. The predicted octanol–water partition coefficient (Wildman–Crippen LogP) is 1.11. The summed E-state index contributed by atoms with van der Waals surface area (Å²) in [5, 5.41) is 5.82. The highest BCUT2D eigenvalue weighted by molar-refractivity contribution is 5.79. The van der Waals surface area contributed by atoms with E-state index >= 15 is 0 Å². The largest absolute Gasteiger partial charge is 0.352 e. The van der Waals surface area contributed by atoms with Crippen LogP contribution in [0.1, 0.15) is 37.8 Å². The molecule has 2 rings (SSSR count). The summed E-state index contributed by atoms with van der Waals surface area (Å²) >= 11 is 0. The van der Waals surface area contributed by atoms with E-state index in [1.54, 1.807) is 0 Å². The summed E-state index contributed by atoms with van der Waals surface area (Å²) in [5.74, 6) is 0.309. The minimum absolute atomic E-state index is 0.0613.